The predicted molar refractivity (Wildman–Crippen MR) is 144 cm³/mol. The van der Waals surface area contributed by atoms with Crippen molar-refractivity contribution in [3.05, 3.63) is 77.3 Å². The normalized spacial score (nSPS) is 16.1. The highest BCUT2D eigenvalue weighted by molar-refractivity contribution is 7.92. The van der Waals surface area contributed by atoms with Gasteiger partial charge in [0.25, 0.3) is 0 Å². The van der Waals surface area contributed by atoms with E-state index < -0.39 is 38.9 Å². The maximum absolute atomic E-state index is 13.2. The fourth-order valence-corrected chi connectivity index (χ4v) is 5.06. The molecule has 206 valence electrons. The number of urea groups is 1. The number of hydrogen-bond donors (Lipinski definition) is 3. The van der Waals surface area contributed by atoms with Gasteiger partial charge in [0.15, 0.2) is 0 Å². The fraction of sp³-hybridized carbons (Fsp3) is 0.231. The molecule has 1 saturated heterocycles. The Balaban J connectivity index is 1.45. The lowest BCUT2D eigenvalue weighted by Gasteiger charge is -2.32. The molecule has 39 heavy (non-hydrogen) atoms. The van der Waals surface area contributed by atoms with Crippen LogP contribution >= 0.6 is 11.6 Å². The Labute approximate surface area is 228 Å². The lowest BCUT2D eigenvalue weighted by molar-refractivity contribution is -0.137. The van der Waals surface area contributed by atoms with E-state index in [-0.39, 0.29) is 11.6 Å². The minimum Gasteiger partial charge on any atom is -0.326 e. The summed E-state index contributed by atoms with van der Waals surface area (Å²) >= 11 is 5.62. The molecule has 1 heterocycles. The lowest BCUT2D eigenvalue weighted by atomic mass is 10.0. The third-order valence-corrected chi connectivity index (χ3v) is 6.91. The van der Waals surface area contributed by atoms with Crippen LogP contribution in [0.3, 0.4) is 0 Å². The first-order valence-electron chi connectivity index (χ1n) is 11.7. The van der Waals surface area contributed by atoms with Crippen molar-refractivity contribution in [1.82, 2.24) is 5.32 Å². The molecule has 0 aliphatic carbocycles. The number of carbonyl (C=O) groups is 2. The van der Waals surface area contributed by atoms with Gasteiger partial charge in [0, 0.05) is 23.5 Å². The summed E-state index contributed by atoms with van der Waals surface area (Å²) in [4.78, 5) is 27.2. The topological polar surface area (TPSA) is 108 Å². The number of nitrogens with one attached hydrogen (secondary N) is 3. The van der Waals surface area contributed by atoms with E-state index in [4.69, 9.17) is 11.6 Å². The van der Waals surface area contributed by atoms with Gasteiger partial charge in [-0.15, -0.1) is 0 Å². The Morgan fingerprint density at radius 2 is 1.74 bits per heavy atom. The number of rotatable bonds is 6. The Kier molecular flexibility index (Phi) is 8.07. The van der Waals surface area contributed by atoms with Crippen molar-refractivity contribution in [3.63, 3.8) is 0 Å². The van der Waals surface area contributed by atoms with E-state index in [1.54, 1.807) is 48.5 Å². The molecule has 1 fully saturated rings. The highest BCUT2D eigenvalue weighted by Gasteiger charge is 2.34. The molecule has 3 aromatic rings. The number of sulfonamides is 1. The standard InChI is InChI=1S/C26H24ClF3N4O4S/c1-39(37,38)33-22-6-3-2-5-19(22)16-8-11-18(12-9-16)34-14-4-7-23(24(34)35)32-25(36)31-17-10-13-21(27)20(15-17)26(28,29)30/h2-3,5-6,8-13,15,23,33H,4,7,14H2,1H3,(H2,31,32,36)/t23-/m1/s1. The van der Waals surface area contributed by atoms with E-state index in [1.807, 2.05) is 0 Å². The minimum atomic E-state index is -4.69. The van der Waals surface area contributed by atoms with Crippen LogP contribution in [0.4, 0.5) is 35.0 Å². The molecule has 13 heteroatoms. The van der Waals surface area contributed by atoms with Gasteiger partial charge in [-0.25, -0.2) is 13.2 Å². The molecule has 4 rings (SSSR count). The first-order valence-corrected chi connectivity index (χ1v) is 14.0. The van der Waals surface area contributed by atoms with Gasteiger partial charge in [0.2, 0.25) is 15.9 Å². The number of piperidine rings is 1. The van der Waals surface area contributed by atoms with Crippen molar-refractivity contribution in [2.45, 2.75) is 25.1 Å². The van der Waals surface area contributed by atoms with E-state index in [2.05, 4.69) is 15.4 Å². The molecule has 0 bridgehead atoms. The van der Waals surface area contributed by atoms with E-state index in [0.717, 1.165) is 24.0 Å². The summed E-state index contributed by atoms with van der Waals surface area (Å²) < 4.78 is 65.3. The maximum Gasteiger partial charge on any atom is 0.417 e. The molecule has 0 radical (unpaired) electrons. The molecule has 3 N–H and O–H groups in total. The average molecular weight is 581 g/mol. The number of hydrogen-bond acceptors (Lipinski definition) is 4. The van der Waals surface area contributed by atoms with Crippen LogP contribution < -0.4 is 20.3 Å². The van der Waals surface area contributed by atoms with Gasteiger partial charge in [-0.1, -0.05) is 41.9 Å². The van der Waals surface area contributed by atoms with Crippen molar-refractivity contribution < 1.29 is 31.2 Å². The van der Waals surface area contributed by atoms with Crippen molar-refractivity contribution >= 4 is 50.6 Å². The van der Waals surface area contributed by atoms with Crippen molar-refractivity contribution in [2.24, 2.45) is 0 Å². The second-order valence-electron chi connectivity index (χ2n) is 8.94. The summed E-state index contributed by atoms with van der Waals surface area (Å²) in [5, 5.41) is 4.37. The second kappa shape index (κ2) is 11.1. The molecule has 1 atom stereocenters. The Morgan fingerprint density at radius 3 is 2.41 bits per heavy atom. The predicted octanol–water partition coefficient (Wildman–Crippen LogP) is 5.71. The summed E-state index contributed by atoms with van der Waals surface area (Å²) in [6.45, 7) is 0.413. The highest BCUT2D eigenvalue weighted by atomic mass is 35.5. The van der Waals surface area contributed by atoms with Crippen molar-refractivity contribution in [2.75, 3.05) is 27.7 Å². The first kappa shape index (κ1) is 28.2. The monoisotopic (exact) mass is 580 g/mol. The van der Waals surface area contributed by atoms with E-state index in [9.17, 15) is 31.2 Å². The number of para-hydroxylation sites is 1. The van der Waals surface area contributed by atoms with E-state index in [0.29, 0.717) is 36.3 Å². The molecule has 3 amide bonds. The number of anilines is 3. The van der Waals surface area contributed by atoms with Crippen LogP contribution in [0.5, 0.6) is 0 Å². The zero-order valence-electron chi connectivity index (χ0n) is 20.5. The van der Waals surface area contributed by atoms with E-state index >= 15 is 0 Å². The Hall–Kier alpha value is -3.77. The van der Waals surface area contributed by atoms with Crippen molar-refractivity contribution in [1.29, 1.82) is 0 Å². The van der Waals surface area contributed by atoms with Crippen LogP contribution in [0.1, 0.15) is 18.4 Å². The molecule has 1 aliphatic rings. The van der Waals surface area contributed by atoms with Gasteiger partial charge >= 0.3 is 12.2 Å². The summed E-state index contributed by atoms with van der Waals surface area (Å²) in [6.07, 6.45) is -2.68. The zero-order valence-corrected chi connectivity index (χ0v) is 22.1. The molecular formula is C26H24ClF3N4O4S. The van der Waals surface area contributed by atoms with Crippen LogP contribution in [0, 0.1) is 0 Å². The number of benzene rings is 3. The quantitative estimate of drug-likeness (QED) is 0.347. The smallest absolute Gasteiger partial charge is 0.326 e. The first-order chi connectivity index (χ1) is 18.3. The van der Waals surface area contributed by atoms with Gasteiger partial charge < -0.3 is 15.5 Å². The average Bonchev–Trinajstić information content (AvgIpc) is 2.85. The van der Waals surface area contributed by atoms with Crippen molar-refractivity contribution in [3.8, 4) is 11.1 Å². The Morgan fingerprint density at radius 1 is 1.05 bits per heavy atom. The number of halogens is 4. The SMILES string of the molecule is CS(=O)(=O)Nc1ccccc1-c1ccc(N2CCC[C@@H](NC(=O)Nc3ccc(Cl)c(C(F)(F)F)c3)C2=O)cc1. The number of carbonyl (C=O) groups excluding carboxylic acids is 2. The summed E-state index contributed by atoms with van der Waals surface area (Å²) in [7, 11) is -3.49. The molecule has 0 aromatic heterocycles. The number of amides is 3. The summed E-state index contributed by atoms with van der Waals surface area (Å²) in [5.74, 6) is -0.365. The van der Waals surface area contributed by atoms with Gasteiger partial charge in [-0.05, 0) is 54.8 Å². The molecular weight excluding hydrogens is 557 g/mol. The van der Waals surface area contributed by atoms with Crippen LogP contribution in [-0.2, 0) is 21.0 Å². The molecule has 1 aliphatic heterocycles. The molecule has 8 nitrogen and oxygen atoms in total. The lowest BCUT2D eigenvalue weighted by Crippen LogP contribution is -2.53. The maximum atomic E-state index is 13.2. The fourth-order valence-electron chi connectivity index (χ4n) is 4.26. The largest absolute Gasteiger partial charge is 0.417 e. The van der Waals surface area contributed by atoms with Gasteiger partial charge in [-0.3, -0.25) is 9.52 Å². The van der Waals surface area contributed by atoms with Crippen LogP contribution in [0.15, 0.2) is 66.7 Å². The van der Waals surface area contributed by atoms with Crippen LogP contribution in [-0.4, -0.2) is 39.2 Å². The second-order valence-corrected chi connectivity index (χ2v) is 11.1. The molecule has 0 saturated carbocycles. The molecule has 0 unspecified atom stereocenters. The minimum absolute atomic E-state index is 0.120. The molecule has 3 aromatic carbocycles. The van der Waals surface area contributed by atoms with Crippen LogP contribution in [0.2, 0.25) is 5.02 Å². The molecule has 0 spiro atoms. The summed E-state index contributed by atoms with van der Waals surface area (Å²) in [5.41, 5.74) is 1.18. The highest BCUT2D eigenvalue weighted by Crippen LogP contribution is 2.36. The Bertz CT molecular complexity index is 1500. The van der Waals surface area contributed by atoms with Crippen LogP contribution in [0.25, 0.3) is 11.1 Å². The van der Waals surface area contributed by atoms with Gasteiger partial charge in [-0.2, -0.15) is 13.2 Å². The number of nitrogens with zero attached hydrogens (tertiary/aromatic N) is 1. The third-order valence-electron chi connectivity index (χ3n) is 5.99. The summed E-state index contributed by atoms with van der Waals surface area (Å²) in [6, 6.07) is 15.2. The third kappa shape index (κ3) is 7.01. The zero-order chi connectivity index (χ0) is 28.4. The van der Waals surface area contributed by atoms with Gasteiger partial charge in [0.1, 0.15) is 6.04 Å². The number of alkyl halides is 3. The van der Waals surface area contributed by atoms with Gasteiger partial charge in [0.05, 0.1) is 22.5 Å². The van der Waals surface area contributed by atoms with E-state index in [1.165, 1.54) is 11.0 Å².